The van der Waals surface area contributed by atoms with Crippen LogP contribution >= 0.6 is 0 Å². The van der Waals surface area contributed by atoms with Crippen molar-refractivity contribution in [1.29, 1.82) is 0 Å². The molecule has 2 nitrogen and oxygen atoms in total. The Morgan fingerprint density at radius 1 is 1.14 bits per heavy atom. The van der Waals surface area contributed by atoms with Gasteiger partial charge in [-0.15, -0.1) is 6.58 Å². The van der Waals surface area contributed by atoms with Crippen molar-refractivity contribution < 1.29 is 9.31 Å². The summed E-state index contributed by atoms with van der Waals surface area (Å²) in [6.07, 6.45) is 12.2. The van der Waals surface area contributed by atoms with Crippen LogP contribution in [0.25, 0.3) is 0 Å². The molecule has 21 heavy (non-hydrogen) atoms. The summed E-state index contributed by atoms with van der Waals surface area (Å²) in [6, 6.07) is 0. The first-order valence-corrected chi connectivity index (χ1v) is 8.92. The fourth-order valence-corrected chi connectivity index (χ4v) is 5.03. The molecule has 0 aromatic rings. The zero-order chi connectivity index (χ0) is 15.1. The average molecular weight is 290 g/mol. The summed E-state index contributed by atoms with van der Waals surface area (Å²) in [5, 5.41) is 0. The largest absolute Gasteiger partial charge is 0.457 e. The van der Waals surface area contributed by atoms with E-state index in [9.17, 15) is 0 Å². The van der Waals surface area contributed by atoms with Crippen molar-refractivity contribution in [1.82, 2.24) is 0 Å². The van der Waals surface area contributed by atoms with Crippen molar-refractivity contribution >= 4 is 7.12 Å². The third-order valence-electron chi connectivity index (χ3n) is 6.60. The number of rotatable bonds is 7. The molecule has 4 rings (SSSR count). The highest BCUT2D eigenvalue weighted by Crippen LogP contribution is 2.65. The first-order chi connectivity index (χ1) is 9.98. The molecule has 3 heteroatoms. The Morgan fingerprint density at radius 2 is 1.90 bits per heavy atom. The van der Waals surface area contributed by atoms with E-state index in [4.69, 9.17) is 9.31 Å². The van der Waals surface area contributed by atoms with Crippen LogP contribution < -0.4 is 0 Å². The summed E-state index contributed by atoms with van der Waals surface area (Å²) >= 11 is 0. The van der Waals surface area contributed by atoms with Gasteiger partial charge in [0.15, 0.2) is 0 Å². The normalized spacial score (nSPS) is 39.8. The van der Waals surface area contributed by atoms with Crippen LogP contribution in [0.3, 0.4) is 0 Å². The zero-order valence-electron chi connectivity index (χ0n) is 14.1. The van der Waals surface area contributed by atoms with Gasteiger partial charge in [-0.05, 0) is 56.2 Å². The zero-order valence-corrected chi connectivity index (χ0v) is 14.1. The van der Waals surface area contributed by atoms with Crippen molar-refractivity contribution in [2.45, 2.75) is 83.7 Å². The van der Waals surface area contributed by atoms with Gasteiger partial charge in [-0.1, -0.05) is 39.2 Å². The Hall–Kier alpha value is -0.275. The molecule has 1 saturated heterocycles. The van der Waals surface area contributed by atoms with Gasteiger partial charge in [0.25, 0.3) is 0 Å². The monoisotopic (exact) mass is 290 g/mol. The molecule has 0 N–H and O–H groups in total. The lowest BCUT2D eigenvalue weighted by molar-refractivity contribution is -0.199. The molecule has 1 heterocycles. The minimum atomic E-state index is -0.0221. The van der Waals surface area contributed by atoms with E-state index in [1.807, 2.05) is 6.08 Å². The second-order valence-electron chi connectivity index (χ2n) is 8.18. The molecule has 118 valence electrons. The Kier molecular flexibility index (Phi) is 4.26. The average Bonchev–Trinajstić information content (AvgIpc) is 2.78. The van der Waals surface area contributed by atoms with Crippen LogP contribution in [0.4, 0.5) is 0 Å². The van der Waals surface area contributed by atoms with Crippen molar-refractivity contribution in [2.75, 3.05) is 0 Å². The Labute approximate surface area is 130 Å². The van der Waals surface area contributed by atoms with E-state index in [2.05, 4.69) is 27.4 Å². The third kappa shape index (κ3) is 2.61. The van der Waals surface area contributed by atoms with Crippen molar-refractivity contribution in [3.63, 3.8) is 0 Å². The van der Waals surface area contributed by atoms with Crippen LogP contribution in [0.2, 0.25) is 6.32 Å². The molecule has 0 spiro atoms. The van der Waals surface area contributed by atoms with Gasteiger partial charge in [0.2, 0.25) is 0 Å². The Bertz CT molecular complexity index is 395. The molecule has 4 fully saturated rings. The fourth-order valence-electron chi connectivity index (χ4n) is 5.03. The van der Waals surface area contributed by atoms with E-state index in [-0.39, 0.29) is 12.7 Å². The van der Waals surface area contributed by atoms with E-state index >= 15 is 0 Å². The van der Waals surface area contributed by atoms with Crippen LogP contribution in [0, 0.1) is 17.3 Å². The highest BCUT2D eigenvalue weighted by Gasteiger charge is 2.67. The summed E-state index contributed by atoms with van der Waals surface area (Å²) in [7, 11) is 0.0505. The van der Waals surface area contributed by atoms with E-state index in [0.29, 0.717) is 17.4 Å². The second kappa shape index (κ2) is 5.74. The molecule has 4 atom stereocenters. The van der Waals surface area contributed by atoms with Crippen LogP contribution in [-0.4, -0.2) is 18.8 Å². The highest BCUT2D eigenvalue weighted by molar-refractivity contribution is 6.45. The number of hydrogen-bond donors (Lipinski definition) is 0. The lowest BCUT2D eigenvalue weighted by Gasteiger charge is -2.64. The van der Waals surface area contributed by atoms with Gasteiger partial charge in [-0.25, -0.2) is 0 Å². The summed E-state index contributed by atoms with van der Waals surface area (Å²) in [6.45, 7) is 10.9. The Morgan fingerprint density at radius 3 is 2.62 bits per heavy atom. The maximum absolute atomic E-state index is 6.43. The van der Waals surface area contributed by atoms with Crippen LogP contribution in [0.1, 0.15) is 65.7 Å². The molecule has 0 amide bonds. The SMILES string of the molecule is C=CCCCCCCB1OC2CC3CC(C3(C)C)C2(C)O1. The van der Waals surface area contributed by atoms with Gasteiger partial charge >= 0.3 is 7.12 Å². The minimum Gasteiger partial charge on any atom is -0.405 e. The maximum Gasteiger partial charge on any atom is 0.457 e. The lowest BCUT2D eigenvalue weighted by Crippen LogP contribution is -2.65. The fraction of sp³-hybridized carbons (Fsp3) is 0.889. The summed E-state index contributed by atoms with van der Waals surface area (Å²) in [5.74, 6) is 1.54. The van der Waals surface area contributed by atoms with Gasteiger partial charge in [-0.2, -0.15) is 0 Å². The van der Waals surface area contributed by atoms with Crippen molar-refractivity contribution in [3.8, 4) is 0 Å². The van der Waals surface area contributed by atoms with E-state index in [1.165, 1.54) is 38.5 Å². The second-order valence-corrected chi connectivity index (χ2v) is 8.18. The maximum atomic E-state index is 6.43. The molecule has 0 aromatic carbocycles. The summed E-state index contributed by atoms with van der Waals surface area (Å²) in [5.41, 5.74) is 0.431. The summed E-state index contributed by atoms with van der Waals surface area (Å²) < 4.78 is 12.7. The summed E-state index contributed by atoms with van der Waals surface area (Å²) in [4.78, 5) is 0. The quantitative estimate of drug-likeness (QED) is 0.379. The molecule has 0 aromatic heterocycles. The van der Waals surface area contributed by atoms with Crippen LogP contribution in [0.5, 0.6) is 0 Å². The van der Waals surface area contributed by atoms with Gasteiger partial charge < -0.3 is 9.31 Å². The molecular formula is C18H31BO2. The molecule has 3 saturated carbocycles. The molecule has 4 aliphatic rings. The standard InChI is InChI=1S/C18H31BO2/c1-5-6-7-8-9-10-11-19-20-16-13-14-12-15(17(14,2)3)18(16,4)21-19/h5,14-16H,1,6-13H2,2-4H3. The number of allylic oxidation sites excluding steroid dienone is 1. The van der Waals surface area contributed by atoms with E-state index < -0.39 is 0 Å². The first kappa shape index (κ1) is 15.6. The van der Waals surface area contributed by atoms with E-state index in [1.54, 1.807) is 0 Å². The van der Waals surface area contributed by atoms with Crippen molar-refractivity contribution in [2.24, 2.45) is 17.3 Å². The van der Waals surface area contributed by atoms with E-state index in [0.717, 1.165) is 18.7 Å². The van der Waals surface area contributed by atoms with Gasteiger partial charge in [0.05, 0.1) is 11.7 Å². The smallest absolute Gasteiger partial charge is 0.405 e. The molecule has 0 radical (unpaired) electrons. The first-order valence-electron chi connectivity index (χ1n) is 8.92. The lowest BCUT2D eigenvalue weighted by atomic mass is 9.43. The minimum absolute atomic E-state index is 0.0221. The number of unbranched alkanes of at least 4 members (excludes halogenated alkanes) is 4. The molecule has 4 unspecified atom stereocenters. The third-order valence-corrected chi connectivity index (χ3v) is 6.60. The topological polar surface area (TPSA) is 18.5 Å². The molecule has 1 aliphatic heterocycles. The predicted molar refractivity (Wildman–Crippen MR) is 88.2 cm³/mol. The number of hydrogen-bond acceptors (Lipinski definition) is 2. The highest BCUT2D eigenvalue weighted by atomic mass is 16.7. The van der Waals surface area contributed by atoms with Gasteiger partial charge in [-0.3, -0.25) is 0 Å². The molecule has 2 bridgehead atoms. The van der Waals surface area contributed by atoms with Gasteiger partial charge in [0.1, 0.15) is 0 Å². The van der Waals surface area contributed by atoms with Crippen molar-refractivity contribution in [3.05, 3.63) is 12.7 Å². The van der Waals surface area contributed by atoms with Crippen LogP contribution in [-0.2, 0) is 9.31 Å². The Balaban J connectivity index is 1.46. The van der Waals surface area contributed by atoms with Gasteiger partial charge in [0, 0.05) is 0 Å². The molecule has 3 aliphatic carbocycles. The molecular weight excluding hydrogens is 259 g/mol. The predicted octanol–water partition coefficient (Wildman–Crippen LogP) is 4.85. The van der Waals surface area contributed by atoms with Crippen LogP contribution in [0.15, 0.2) is 12.7 Å².